The van der Waals surface area contributed by atoms with E-state index in [0.29, 0.717) is 37.2 Å². The first-order valence-electron chi connectivity index (χ1n) is 18.0. The molecule has 0 fully saturated rings. The molecule has 0 bridgehead atoms. The van der Waals surface area contributed by atoms with Crippen LogP contribution in [0.5, 0.6) is 11.5 Å². The van der Waals surface area contributed by atoms with Crippen LogP contribution in [-0.2, 0) is 53.6 Å². The highest BCUT2D eigenvalue weighted by Crippen LogP contribution is 2.41. The fourth-order valence-corrected chi connectivity index (χ4v) is 6.05. The quantitative estimate of drug-likeness (QED) is 0.207. The summed E-state index contributed by atoms with van der Waals surface area (Å²) < 4.78 is 11.7. The molecule has 0 radical (unpaired) electrons. The van der Waals surface area contributed by atoms with Gasteiger partial charge in [-0.25, -0.2) is 0 Å². The molecule has 2 rings (SSSR count). The summed E-state index contributed by atoms with van der Waals surface area (Å²) in [5, 5.41) is 22.0. The van der Waals surface area contributed by atoms with Crippen molar-refractivity contribution >= 4 is 11.9 Å². The molecule has 0 saturated carbocycles. The van der Waals surface area contributed by atoms with Gasteiger partial charge in [0, 0.05) is 12.8 Å². The summed E-state index contributed by atoms with van der Waals surface area (Å²) in [5.41, 5.74) is 4.65. The molecule has 0 aromatic heterocycles. The predicted molar refractivity (Wildman–Crippen MR) is 197 cm³/mol. The van der Waals surface area contributed by atoms with Crippen LogP contribution >= 0.6 is 0 Å². The highest BCUT2D eigenvalue weighted by Gasteiger charge is 2.28. The lowest BCUT2D eigenvalue weighted by Crippen LogP contribution is -2.22. The van der Waals surface area contributed by atoms with Crippen LogP contribution < -0.4 is 0 Å². The summed E-state index contributed by atoms with van der Waals surface area (Å²) in [6.07, 6.45) is 3.90. The molecular formula is C42H66O6. The van der Waals surface area contributed by atoms with Gasteiger partial charge in [0.25, 0.3) is 0 Å². The summed E-state index contributed by atoms with van der Waals surface area (Å²) in [7, 11) is 0. The first kappa shape index (κ1) is 41.2. The van der Waals surface area contributed by atoms with Crippen molar-refractivity contribution in [1.82, 2.24) is 0 Å². The highest BCUT2D eigenvalue weighted by molar-refractivity contribution is 5.70. The Kier molecular flexibility index (Phi) is 13.8. The van der Waals surface area contributed by atoms with Crippen molar-refractivity contribution in [3.8, 4) is 11.5 Å². The van der Waals surface area contributed by atoms with E-state index in [0.717, 1.165) is 46.2 Å². The Balaban J connectivity index is 1.98. The van der Waals surface area contributed by atoms with Gasteiger partial charge in [-0.05, 0) is 94.1 Å². The van der Waals surface area contributed by atoms with Gasteiger partial charge >= 0.3 is 11.9 Å². The molecule has 2 N–H and O–H groups in total. The molecule has 0 aliphatic rings. The van der Waals surface area contributed by atoms with Crippen LogP contribution in [0, 0.1) is 0 Å². The topological polar surface area (TPSA) is 93.1 Å². The van der Waals surface area contributed by atoms with Gasteiger partial charge < -0.3 is 19.7 Å². The maximum Gasteiger partial charge on any atom is 0.306 e. The van der Waals surface area contributed by atoms with Gasteiger partial charge in [-0.2, -0.15) is 0 Å². The Hall–Kier alpha value is -3.02. The number of carbonyl (C=O) groups excluding carboxylic acids is 2. The molecule has 0 aliphatic heterocycles. The van der Waals surface area contributed by atoms with Crippen LogP contribution in [0.2, 0.25) is 0 Å². The molecule has 0 spiro atoms. The summed E-state index contributed by atoms with van der Waals surface area (Å²) in [6.45, 7) is 29.0. The molecule has 2 atom stereocenters. The molecule has 270 valence electrons. The summed E-state index contributed by atoms with van der Waals surface area (Å²) in [6, 6.07) is 8.07. The van der Waals surface area contributed by atoms with E-state index in [1.54, 1.807) is 0 Å². The fraction of sp³-hybridized carbons (Fsp3) is 0.667. The maximum atomic E-state index is 13.0. The van der Waals surface area contributed by atoms with Crippen molar-refractivity contribution in [3.63, 3.8) is 0 Å². The smallest absolute Gasteiger partial charge is 0.306 e. The van der Waals surface area contributed by atoms with E-state index < -0.39 is 0 Å². The van der Waals surface area contributed by atoms with Crippen molar-refractivity contribution < 1.29 is 29.3 Å². The number of rotatable bonds is 13. The van der Waals surface area contributed by atoms with Crippen LogP contribution in [0.1, 0.15) is 169 Å². The van der Waals surface area contributed by atoms with E-state index in [1.165, 1.54) is 0 Å². The summed E-state index contributed by atoms with van der Waals surface area (Å²) >= 11 is 0. The minimum atomic E-state index is -0.297. The number of phenols is 2. The van der Waals surface area contributed by atoms with Crippen LogP contribution in [0.25, 0.3) is 0 Å². The second kappa shape index (κ2) is 16.1. The van der Waals surface area contributed by atoms with Crippen LogP contribution in [-0.4, -0.2) is 34.4 Å². The molecule has 2 aromatic carbocycles. The fourth-order valence-electron chi connectivity index (χ4n) is 6.05. The van der Waals surface area contributed by atoms with E-state index in [2.05, 4.69) is 90.0 Å². The van der Waals surface area contributed by atoms with Crippen molar-refractivity contribution in [2.45, 2.75) is 182 Å². The largest absolute Gasteiger partial charge is 0.507 e. The zero-order valence-corrected chi connectivity index (χ0v) is 32.6. The second-order valence-electron chi connectivity index (χ2n) is 17.9. The molecule has 6 heteroatoms. The molecule has 0 saturated heterocycles. The Morgan fingerprint density at radius 1 is 0.583 bits per heavy atom. The summed E-state index contributed by atoms with van der Waals surface area (Å²) in [4.78, 5) is 25.8. The third-order valence-electron chi connectivity index (χ3n) is 8.94. The van der Waals surface area contributed by atoms with Gasteiger partial charge in [-0.15, -0.1) is 0 Å². The standard InChI is InChI=1S/C42H66O6/c1-15-16-30(48-36(44)22-19-29-25-33(41(9,10)11)38(46)34(26-29)42(12,13)14)20-17-27(2)47-35(43)21-18-28-23-31(39(3,4)5)37(45)32(24-28)40(6,7)8/h23-27,30,45-46H,15-22H2,1-14H3. The second-order valence-corrected chi connectivity index (χ2v) is 17.9. The number of phenolic OH excluding ortho intramolecular Hbond substituents is 2. The molecule has 48 heavy (non-hydrogen) atoms. The first-order valence-corrected chi connectivity index (χ1v) is 18.0. The van der Waals surface area contributed by atoms with Gasteiger partial charge in [-0.1, -0.05) is 121 Å². The van der Waals surface area contributed by atoms with Crippen molar-refractivity contribution in [2.75, 3.05) is 0 Å². The van der Waals surface area contributed by atoms with Crippen LogP contribution in [0.15, 0.2) is 24.3 Å². The molecule has 0 heterocycles. The number of esters is 2. The highest BCUT2D eigenvalue weighted by atomic mass is 16.5. The number of aromatic hydroxyl groups is 2. The van der Waals surface area contributed by atoms with E-state index in [1.807, 2.05) is 31.2 Å². The number of hydrogen-bond acceptors (Lipinski definition) is 6. The minimum Gasteiger partial charge on any atom is -0.507 e. The molecule has 2 aromatic rings. The third-order valence-corrected chi connectivity index (χ3v) is 8.94. The average Bonchev–Trinajstić information content (AvgIpc) is 2.92. The number of benzene rings is 2. The SMILES string of the molecule is CCCC(CCC(C)OC(=O)CCc1cc(C(C)(C)C)c(O)c(C(C)(C)C)c1)OC(=O)CCc1cc(C(C)(C)C)c(O)c(C(C)(C)C)c1. The number of aryl methyl sites for hydroxylation is 2. The average molecular weight is 667 g/mol. The Bertz CT molecular complexity index is 1320. The first-order chi connectivity index (χ1) is 21.8. The Morgan fingerprint density at radius 2 is 0.917 bits per heavy atom. The van der Waals surface area contributed by atoms with E-state index in [4.69, 9.17) is 9.47 Å². The monoisotopic (exact) mass is 666 g/mol. The number of carbonyl (C=O) groups is 2. The zero-order chi connectivity index (χ0) is 36.8. The van der Waals surface area contributed by atoms with Gasteiger partial charge in [-0.3, -0.25) is 9.59 Å². The Labute approximate surface area is 292 Å². The van der Waals surface area contributed by atoms with Crippen molar-refractivity contribution in [3.05, 3.63) is 57.6 Å². The number of ether oxygens (including phenoxy) is 2. The maximum absolute atomic E-state index is 13.0. The Morgan fingerprint density at radius 3 is 1.23 bits per heavy atom. The normalized spacial score (nSPS) is 14.0. The lowest BCUT2D eigenvalue weighted by atomic mass is 9.78. The van der Waals surface area contributed by atoms with Gasteiger partial charge in [0.1, 0.15) is 17.6 Å². The van der Waals surface area contributed by atoms with Gasteiger partial charge in [0.15, 0.2) is 0 Å². The minimum absolute atomic E-state index is 0.231. The van der Waals surface area contributed by atoms with Crippen molar-refractivity contribution in [1.29, 1.82) is 0 Å². The van der Waals surface area contributed by atoms with E-state index >= 15 is 0 Å². The predicted octanol–water partition coefficient (Wildman–Crippen LogP) is 10.3. The zero-order valence-electron chi connectivity index (χ0n) is 32.6. The molecule has 2 unspecified atom stereocenters. The van der Waals surface area contributed by atoms with Gasteiger partial charge in [0.05, 0.1) is 6.10 Å². The molecule has 0 aliphatic carbocycles. The molecule has 6 nitrogen and oxygen atoms in total. The summed E-state index contributed by atoms with van der Waals surface area (Å²) in [5.74, 6) is 0.178. The lowest BCUT2D eigenvalue weighted by molar-refractivity contribution is -0.153. The lowest BCUT2D eigenvalue weighted by Gasteiger charge is -2.28. The van der Waals surface area contributed by atoms with Gasteiger partial charge in [0.2, 0.25) is 0 Å². The van der Waals surface area contributed by atoms with Crippen molar-refractivity contribution in [2.24, 2.45) is 0 Å². The molecular weight excluding hydrogens is 600 g/mol. The van der Waals surface area contributed by atoms with Crippen LogP contribution in [0.3, 0.4) is 0 Å². The third kappa shape index (κ3) is 12.1. The van der Waals surface area contributed by atoms with E-state index in [9.17, 15) is 19.8 Å². The molecule has 0 amide bonds. The number of hydrogen-bond donors (Lipinski definition) is 2. The van der Waals surface area contributed by atoms with Crippen LogP contribution in [0.4, 0.5) is 0 Å². The van der Waals surface area contributed by atoms with E-state index in [-0.39, 0.29) is 58.6 Å².